The molecule has 2 aliphatic heterocycles. The Kier molecular flexibility index (Phi) is 4.37. The molecule has 2 aliphatic rings. The van der Waals surface area contributed by atoms with Gasteiger partial charge < -0.3 is 5.32 Å². The molecule has 0 aliphatic carbocycles. The van der Waals surface area contributed by atoms with Crippen molar-refractivity contribution in [1.29, 1.82) is 0 Å². The maximum Gasteiger partial charge on any atom is 0.123 e. The van der Waals surface area contributed by atoms with Crippen LogP contribution in [0.1, 0.15) is 50.6 Å². The fourth-order valence-electron chi connectivity index (χ4n) is 4.05. The Balaban J connectivity index is 1.80. The van der Waals surface area contributed by atoms with Crippen LogP contribution in [-0.4, -0.2) is 30.1 Å². The number of hydrogen-bond donors (Lipinski definition) is 1. The molecular weight excluding hydrogens is 251 g/mol. The summed E-state index contributed by atoms with van der Waals surface area (Å²) in [7, 11) is 0. The van der Waals surface area contributed by atoms with E-state index in [1.165, 1.54) is 31.7 Å². The molecule has 3 atom stereocenters. The molecule has 3 unspecified atom stereocenters. The summed E-state index contributed by atoms with van der Waals surface area (Å²) in [6, 6.07) is 8.80. The lowest BCUT2D eigenvalue weighted by Gasteiger charge is -2.36. The van der Waals surface area contributed by atoms with Gasteiger partial charge in [0.2, 0.25) is 0 Å². The van der Waals surface area contributed by atoms with Gasteiger partial charge in [0.05, 0.1) is 0 Å². The normalized spacial score (nSPS) is 28.9. The highest BCUT2D eigenvalue weighted by atomic mass is 19.1. The van der Waals surface area contributed by atoms with E-state index in [1.54, 1.807) is 6.07 Å². The topological polar surface area (TPSA) is 15.3 Å². The average Bonchev–Trinajstić information content (AvgIpc) is 3.10. The highest BCUT2D eigenvalue weighted by molar-refractivity contribution is 5.21. The van der Waals surface area contributed by atoms with Crippen molar-refractivity contribution in [2.45, 2.75) is 57.2 Å². The third-order valence-corrected chi connectivity index (χ3v) is 4.93. The van der Waals surface area contributed by atoms with Gasteiger partial charge in [-0.1, -0.05) is 19.1 Å². The quantitative estimate of drug-likeness (QED) is 0.905. The summed E-state index contributed by atoms with van der Waals surface area (Å²) in [5.41, 5.74) is 1.14. The Labute approximate surface area is 121 Å². The lowest BCUT2D eigenvalue weighted by atomic mass is 9.98. The van der Waals surface area contributed by atoms with E-state index < -0.39 is 0 Å². The van der Waals surface area contributed by atoms with Crippen LogP contribution < -0.4 is 5.32 Å². The average molecular weight is 276 g/mol. The third kappa shape index (κ3) is 2.75. The molecule has 1 N–H and O–H groups in total. The monoisotopic (exact) mass is 276 g/mol. The number of rotatable bonds is 4. The van der Waals surface area contributed by atoms with Crippen molar-refractivity contribution in [2.75, 3.05) is 13.1 Å². The molecule has 110 valence electrons. The van der Waals surface area contributed by atoms with Gasteiger partial charge in [0.15, 0.2) is 0 Å². The fraction of sp³-hybridized carbons (Fsp3) is 0.647. The van der Waals surface area contributed by atoms with E-state index >= 15 is 0 Å². The van der Waals surface area contributed by atoms with Gasteiger partial charge in [0, 0.05) is 18.1 Å². The van der Waals surface area contributed by atoms with Gasteiger partial charge in [-0.3, -0.25) is 4.90 Å². The molecule has 0 spiro atoms. The first-order valence-electron chi connectivity index (χ1n) is 8.04. The predicted molar refractivity (Wildman–Crippen MR) is 80.2 cm³/mol. The van der Waals surface area contributed by atoms with Crippen LogP contribution >= 0.6 is 0 Å². The summed E-state index contributed by atoms with van der Waals surface area (Å²) in [5, 5.41) is 3.65. The van der Waals surface area contributed by atoms with Crippen molar-refractivity contribution in [3.63, 3.8) is 0 Å². The van der Waals surface area contributed by atoms with Crippen LogP contribution in [0.2, 0.25) is 0 Å². The molecule has 20 heavy (non-hydrogen) atoms. The Morgan fingerprint density at radius 2 is 2.25 bits per heavy atom. The summed E-state index contributed by atoms with van der Waals surface area (Å²) in [5.74, 6) is -0.115. The SMILES string of the molecule is CCC(c1cccc(F)c1)N1CCCC1C1CCCN1. The van der Waals surface area contributed by atoms with Gasteiger partial charge in [-0.05, 0) is 62.9 Å². The highest BCUT2D eigenvalue weighted by Gasteiger charge is 2.36. The molecule has 0 radical (unpaired) electrons. The number of halogens is 1. The summed E-state index contributed by atoms with van der Waals surface area (Å²) in [6.45, 7) is 4.52. The highest BCUT2D eigenvalue weighted by Crippen LogP contribution is 2.34. The van der Waals surface area contributed by atoms with Gasteiger partial charge in [0.1, 0.15) is 5.82 Å². The van der Waals surface area contributed by atoms with Gasteiger partial charge in [-0.15, -0.1) is 0 Å². The Hall–Kier alpha value is -0.930. The van der Waals surface area contributed by atoms with E-state index in [-0.39, 0.29) is 5.82 Å². The summed E-state index contributed by atoms with van der Waals surface area (Å²) >= 11 is 0. The van der Waals surface area contributed by atoms with Crippen molar-refractivity contribution >= 4 is 0 Å². The van der Waals surface area contributed by atoms with Crippen LogP contribution in [0, 0.1) is 5.82 Å². The Bertz CT molecular complexity index is 442. The van der Waals surface area contributed by atoms with Gasteiger partial charge >= 0.3 is 0 Å². The minimum atomic E-state index is -0.115. The van der Waals surface area contributed by atoms with Crippen LogP contribution in [-0.2, 0) is 0 Å². The number of likely N-dealkylation sites (tertiary alicyclic amines) is 1. The second-order valence-corrected chi connectivity index (χ2v) is 6.13. The second kappa shape index (κ2) is 6.23. The molecule has 3 rings (SSSR count). The van der Waals surface area contributed by atoms with E-state index in [0.717, 1.165) is 25.1 Å². The lowest BCUT2D eigenvalue weighted by Crippen LogP contribution is -2.45. The second-order valence-electron chi connectivity index (χ2n) is 6.13. The van der Waals surface area contributed by atoms with Crippen LogP contribution in [0.3, 0.4) is 0 Å². The molecular formula is C17H25FN2. The van der Waals surface area contributed by atoms with E-state index in [1.807, 2.05) is 6.07 Å². The van der Waals surface area contributed by atoms with Crippen molar-refractivity contribution in [3.05, 3.63) is 35.6 Å². The van der Waals surface area contributed by atoms with Crippen molar-refractivity contribution in [2.24, 2.45) is 0 Å². The molecule has 2 saturated heterocycles. The molecule has 1 aromatic carbocycles. The zero-order chi connectivity index (χ0) is 13.9. The molecule has 2 fully saturated rings. The zero-order valence-electron chi connectivity index (χ0n) is 12.3. The van der Waals surface area contributed by atoms with Gasteiger partial charge in [0.25, 0.3) is 0 Å². The van der Waals surface area contributed by atoms with E-state index in [4.69, 9.17) is 0 Å². The van der Waals surface area contributed by atoms with Crippen molar-refractivity contribution in [1.82, 2.24) is 10.2 Å². The molecule has 2 nitrogen and oxygen atoms in total. The maximum atomic E-state index is 13.5. The molecule has 3 heteroatoms. The number of benzene rings is 1. The largest absolute Gasteiger partial charge is 0.312 e. The molecule has 0 aromatic heterocycles. The van der Waals surface area contributed by atoms with Crippen molar-refractivity contribution in [3.8, 4) is 0 Å². The molecule has 0 amide bonds. The number of hydrogen-bond acceptors (Lipinski definition) is 2. The summed E-state index contributed by atoms with van der Waals surface area (Å²) < 4.78 is 13.5. The first kappa shape index (κ1) is 14.0. The summed E-state index contributed by atoms with van der Waals surface area (Å²) in [6.07, 6.45) is 6.19. The Morgan fingerprint density at radius 1 is 1.35 bits per heavy atom. The zero-order valence-corrected chi connectivity index (χ0v) is 12.3. The summed E-state index contributed by atoms with van der Waals surface area (Å²) in [4.78, 5) is 2.62. The molecule has 0 bridgehead atoms. The number of nitrogens with zero attached hydrogens (tertiary/aromatic N) is 1. The number of nitrogens with one attached hydrogen (secondary N) is 1. The first-order chi connectivity index (χ1) is 9.79. The molecule has 2 heterocycles. The van der Waals surface area contributed by atoms with Crippen LogP contribution in [0.15, 0.2) is 24.3 Å². The minimum Gasteiger partial charge on any atom is -0.312 e. The van der Waals surface area contributed by atoms with Crippen molar-refractivity contribution < 1.29 is 4.39 Å². The predicted octanol–water partition coefficient (Wildman–Crippen LogP) is 3.49. The van der Waals surface area contributed by atoms with Crippen LogP contribution in [0.25, 0.3) is 0 Å². The maximum absolute atomic E-state index is 13.5. The minimum absolute atomic E-state index is 0.115. The first-order valence-corrected chi connectivity index (χ1v) is 8.04. The van der Waals surface area contributed by atoms with E-state index in [9.17, 15) is 4.39 Å². The van der Waals surface area contributed by atoms with Crippen LogP contribution in [0.4, 0.5) is 4.39 Å². The lowest BCUT2D eigenvalue weighted by molar-refractivity contribution is 0.148. The van der Waals surface area contributed by atoms with Gasteiger partial charge in [-0.25, -0.2) is 4.39 Å². The Morgan fingerprint density at radius 3 is 2.95 bits per heavy atom. The van der Waals surface area contributed by atoms with E-state index in [2.05, 4.69) is 23.2 Å². The van der Waals surface area contributed by atoms with E-state index in [0.29, 0.717) is 18.1 Å². The standard InChI is InChI=1S/C17H25FN2/c1-2-16(13-6-3-7-14(18)12-13)20-11-5-9-17(20)15-8-4-10-19-15/h3,6-7,12,15-17,19H,2,4-5,8-11H2,1H3. The smallest absolute Gasteiger partial charge is 0.123 e. The third-order valence-electron chi connectivity index (χ3n) is 4.93. The van der Waals surface area contributed by atoms with Crippen LogP contribution in [0.5, 0.6) is 0 Å². The molecule has 1 aromatic rings. The van der Waals surface area contributed by atoms with Gasteiger partial charge in [-0.2, -0.15) is 0 Å². The molecule has 0 saturated carbocycles. The fourth-order valence-corrected chi connectivity index (χ4v) is 4.05.